The van der Waals surface area contributed by atoms with E-state index in [-0.39, 0.29) is 18.6 Å². The van der Waals surface area contributed by atoms with Crippen LogP contribution in [0, 0.1) is 0 Å². The average molecular weight is 457 g/mol. The first-order valence-electron chi connectivity index (χ1n) is 9.94. The van der Waals surface area contributed by atoms with Crippen LogP contribution in [0.4, 0.5) is 0 Å². The van der Waals surface area contributed by atoms with Gasteiger partial charge in [-0.3, -0.25) is 19.4 Å². The molecule has 0 bridgehead atoms. The molecule has 31 heavy (non-hydrogen) atoms. The normalized spacial score (nSPS) is 9.61. The number of nitrogens with two attached hydrogens (primary N) is 2. The zero-order chi connectivity index (χ0) is 23.9. The van der Waals surface area contributed by atoms with Gasteiger partial charge in [0, 0.05) is 26.2 Å². The average Bonchev–Trinajstić information content (AvgIpc) is 2.60. The molecule has 0 atom stereocenters. The maximum Gasteiger partial charge on any atom is 0.317 e. The first-order valence-corrected chi connectivity index (χ1v) is 9.94. The molecule has 0 amide bonds. The highest BCUT2D eigenvalue weighted by Crippen LogP contribution is 1.93. The van der Waals surface area contributed by atoms with Gasteiger partial charge in [0.25, 0.3) is 0 Å². The van der Waals surface area contributed by atoms with Gasteiger partial charge in [-0.15, -0.1) is 0 Å². The summed E-state index contributed by atoms with van der Waals surface area (Å²) in [6.45, 7) is 10.7. The lowest BCUT2D eigenvalue weighted by Gasteiger charge is -2.26. The Balaban J connectivity index is -0.000000275. The Kier molecular flexibility index (Phi) is 29.9. The molecule has 0 heterocycles. The number of hydrogen-bond donors (Lipinski definition) is 4. The van der Waals surface area contributed by atoms with Crippen molar-refractivity contribution < 1.29 is 55.7 Å². The van der Waals surface area contributed by atoms with E-state index in [1.54, 1.807) is 0 Å². The van der Waals surface area contributed by atoms with E-state index in [2.05, 4.69) is 38.3 Å². The van der Waals surface area contributed by atoms with E-state index in [0.29, 0.717) is 0 Å². The third-order valence-corrected chi connectivity index (χ3v) is 3.31. The van der Waals surface area contributed by atoms with E-state index in [0.717, 1.165) is 9.80 Å². The van der Waals surface area contributed by atoms with Gasteiger partial charge in [0.15, 0.2) is 0 Å². The second-order valence-corrected chi connectivity index (χ2v) is 6.16. The van der Waals surface area contributed by atoms with Crippen LogP contribution < -0.4 is 20.8 Å². The summed E-state index contributed by atoms with van der Waals surface area (Å²) in [5.41, 5.74) is 0. The fraction of sp³-hybridized carbons (Fsp3) is 0.778. The van der Waals surface area contributed by atoms with E-state index in [1.165, 1.54) is 26.2 Å². The van der Waals surface area contributed by atoms with Crippen molar-refractivity contribution in [3.63, 3.8) is 0 Å². The Morgan fingerprint density at radius 3 is 1.06 bits per heavy atom. The van der Waals surface area contributed by atoms with Crippen LogP contribution in [0.5, 0.6) is 0 Å². The minimum atomic E-state index is -1.51. The lowest BCUT2D eigenvalue weighted by atomic mass is 10.4. The summed E-state index contributed by atoms with van der Waals surface area (Å²) < 4.78 is 0. The maximum absolute atomic E-state index is 10.5. The van der Waals surface area contributed by atoms with Crippen molar-refractivity contribution in [2.75, 3.05) is 65.4 Å². The van der Waals surface area contributed by atoms with Gasteiger partial charge in [-0.2, -0.15) is 0 Å². The number of rotatable bonds is 15. The molecule has 8 N–H and O–H groups in total. The number of nitrogens with zero attached hydrogens (tertiary/aromatic N) is 2. The Morgan fingerprint density at radius 1 is 0.645 bits per heavy atom. The standard InChI is InChI=1S/C10H16N2O8.2C4H11N.H2O/c13-7(14)3-11(4-8(15)16)1-2-12(5-9(17)18)6-10(19)20;2*1-3-5-4-2;/h1-6H2,(H,13,14)(H,15,16)(H,17,18)(H,19,20);2*5H,3-4H2,1-2H3;1H2. The molecule has 0 aliphatic carbocycles. The van der Waals surface area contributed by atoms with Crippen molar-refractivity contribution in [2.45, 2.75) is 27.7 Å². The summed E-state index contributed by atoms with van der Waals surface area (Å²) in [5, 5.41) is 42.5. The lowest BCUT2D eigenvalue weighted by Crippen LogP contribution is -2.82. The summed E-state index contributed by atoms with van der Waals surface area (Å²) >= 11 is 0. The molecule has 13 nitrogen and oxygen atoms in total. The highest BCUT2D eigenvalue weighted by molar-refractivity contribution is 5.72. The molecular weight excluding hydrogens is 416 g/mol. The molecule has 13 heteroatoms. The minimum Gasteiger partial charge on any atom is -0.549 e. The van der Waals surface area contributed by atoms with Gasteiger partial charge < -0.3 is 46.1 Å². The van der Waals surface area contributed by atoms with E-state index >= 15 is 0 Å². The van der Waals surface area contributed by atoms with Crippen molar-refractivity contribution in [1.82, 2.24) is 9.80 Å². The SMILES string of the molecule is CC[NH2+]CC.CC[NH2+]CC.O.O=C([O-])CN(CCN(CC(=O)O)CC(=O)O)CC(=O)[O-]. The summed E-state index contributed by atoms with van der Waals surface area (Å²) in [6, 6.07) is 0. The van der Waals surface area contributed by atoms with Crippen LogP contribution in [-0.2, 0) is 19.2 Å². The predicted octanol–water partition coefficient (Wildman–Crippen LogP) is -6.39. The molecule has 0 aliphatic heterocycles. The number of quaternary nitrogens is 2. The molecule has 0 saturated carbocycles. The minimum absolute atomic E-state index is 0. The fourth-order valence-corrected chi connectivity index (χ4v) is 2.04. The van der Waals surface area contributed by atoms with Crippen molar-refractivity contribution >= 4 is 23.9 Å². The molecule has 0 aromatic rings. The number of carboxylic acid groups (broad SMARTS) is 4. The van der Waals surface area contributed by atoms with Gasteiger partial charge in [0.05, 0.1) is 51.2 Å². The van der Waals surface area contributed by atoms with Crippen molar-refractivity contribution in [2.24, 2.45) is 0 Å². The Morgan fingerprint density at radius 2 is 0.903 bits per heavy atom. The molecule has 0 fully saturated rings. The van der Waals surface area contributed by atoms with E-state index in [4.69, 9.17) is 10.2 Å². The van der Waals surface area contributed by atoms with Gasteiger partial charge in [-0.05, 0) is 27.7 Å². The number of hydrogen-bond acceptors (Lipinski definition) is 8. The van der Waals surface area contributed by atoms with Crippen LogP contribution in [0.3, 0.4) is 0 Å². The van der Waals surface area contributed by atoms with Gasteiger partial charge in [0.1, 0.15) is 0 Å². The second kappa shape index (κ2) is 25.7. The third-order valence-electron chi connectivity index (χ3n) is 3.31. The number of carbonyl (C=O) groups is 4. The van der Waals surface area contributed by atoms with Gasteiger partial charge >= 0.3 is 11.9 Å². The largest absolute Gasteiger partial charge is 0.549 e. The third kappa shape index (κ3) is 35.5. The van der Waals surface area contributed by atoms with Gasteiger partial charge in [0.2, 0.25) is 0 Å². The summed E-state index contributed by atoms with van der Waals surface area (Å²) in [6.07, 6.45) is 0. The van der Waals surface area contributed by atoms with Crippen LogP contribution in [0.25, 0.3) is 0 Å². The first-order chi connectivity index (χ1) is 14.0. The van der Waals surface area contributed by atoms with Crippen LogP contribution >= 0.6 is 0 Å². The predicted molar refractivity (Wildman–Crippen MR) is 108 cm³/mol. The van der Waals surface area contributed by atoms with Crippen LogP contribution in [0.2, 0.25) is 0 Å². The summed E-state index contributed by atoms with van der Waals surface area (Å²) in [4.78, 5) is 43.9. The number of carbonyl (C=O) groups excluding carboxylic acids is 2. The van der Waals surface area contributed by atoms with E-state index in [9.17, 15) is 29.4 Å². The Labute approximate surface area is 183 Å². The van der Waals surface area contributed by atoms with Crippen LogP contribution in [0.1, 0.15) is 27.7 Å². The quantitative estimate of drug-likeness (QED) is 0.182. The molecule has 0 unspecified atom stereocenters. The highest BCUT2D eigenvalue weighted by atomic mass is 16.4. The summed E-state index contributed by atoms with van der Waals surface area (Å²) in [7, 11) is 0. The second-order valence-electron chi connectivity index (χ2n) is 6.16. The molecule has 0 aromatic heterocycles. The molecule has 0 aromatic carbocycles. The van der Waals surface area contributed by atoms with E-state index in [1.807, 2.05) is 0 Å². The first kappa shape index (κ1) is 36.1. The topological polar surface area (TPSA) is 226 Å². The molecule has 0 radical (unpaired) electrons. The molecular formula is C18H40N4O9. The summed E-state index contributed by atoms with van der Waals surface area (Å²) in [5.74, 6) is -5.52. The van der Waals surface area contributed by atoms with Crippen LogP contribution in [0.15, 0.2) is 0 Å². The number of aliphatic carboxylic acids is 4. The number of carboxylic acids is 4. The Hall–Kier alpha value is -2.32. The van der Waals surface area contributed by atoms with Crippen molar-refractivity contribution in [3.05, 3.63) is 0 Å². The Bertz CT molecular complexity index is 401. The van der Waals surface area contributed by atoms with Gasteiger partial charge in [-0.25, -0.2) is 0 Å². The molecule has 186 valence electrons. The maximum atomic E-state index is 10.5. The molecule has 0 rings (SSSR count). The highest BCUT2D eigenvalue weighted by Gasteiger charge is 2.15. The van der Waals surface area contributed by atoms with E-state index < -0.39 is 50.1 Å². The van der Waals surface area contributed by atoms with Crippen molar-refractivity contribution in [1.29, 1.82) is 0 Å². The van der Waals surface area contributed by atoms with Gasteiger partial charge in [-0.1, -0.05) is 0 Å². The molecule has 0 saturated heterocycles. The smallest absolute Gasteiger partial charge is 0.317 e. The fourth-order valence-electron chi connectivity index (χ4n) is 2.04. The molecule has 0 spiro atoms. The van der Waals surface area contributed by atoms with Crippen LogP contribution in [-0.4, -0.2) is 115 Å². The lowest BCUT2D eigenvalue weighted by molar-refractivity contribution is -0.648. The zero-order valence-electron chi connectivity index (χ0n) is 19.0. The monoisotopic (exact) mass is 456 g/mol. The molecule has 0 aliphatic rings. The van der Waals surface area contributed by atoms with Crippen molar-refractivity contribution in [3.8, 4) is 0 Å². The zero-order valence-corrected chi connectivity index (χ0v) is 19.0.